The van der Waals surface area contributed by atoms with Gasteiger partial charge >= 0.3 is 5.97 Å². The van der Waals surface area contributed by atoms with Crippen LogP contribution in [0.1, 0.15) is 17.3 Å². The number of nitrogens with one attached hydrogen (secondary N) is 1. The molecule has 0 amide bonds. The predicted octanol–water partition coefficient (Wildman–Crippen LogP) is -0.210. The summed E-state index contributed by atoms with van der Waals surface area (Å²) in [5.74, 6) is -0.580. The molecule has 0 saturated carbocycles. The highest BCUT2D eigenvalue weighted by molar-refractivity contribution is 6.00. The van der Waals surface area contributed by atoms with Gasteiger partial charge in [0.25, 0.3) is 5.56 Å². The summed E-state index contributed by atoms with van der Waals surface area (Å²) in [6.07, 6.45) is 1.34. The minimum atomic E-state index is -0.634. The van der Waals surface area contributed by atoms with Crippen molar-refractivity contribution in [1.29, 1.82) is 0 Å². The Morgan fingerprint density at radius 2 is 2.33 bits per heavy atom. The van der Waals surface area contributed by atoms with E-state index in [1.54, 1.807) is 6.92 Å². The van der Waals surface area contributed by atoms with Crippen molar-refractivity contribution < 1.29 is 14.3 Å². The van der Waals surface area contributed by atoms with Crippen LogP contribution in [0.15, 0.2) is 11.0 Å². The highest BCUT2D eigenvalue weighted by atomic mass is 16.5. The average molecular weight is 252 g/mol. The molecular formula is C10H12N4O4. The van der Waals surface area contributed by atoms with Crippen molar-refractivity contribution in [1.82, 2.24) is 14.6 Å². The number of anilines is 1. The fourth-order valence-electron chi connectivity index (χ4n) is 1.55. The molecule has 8 nitrogen and oxygen atoms in total. The lowest BCUT2D eigenvalue weighted by atomic mass is 10.3. The standard InChI is InChI=1S/C10H12N4O4/c1-3-18-10(16)6-7(11)13-14-4-5(17-2)9(15)12-8(6)14/h4H,3H2,1-2H3,(H2,11,13)(H,12,15). The molecule has 0 fully saturated rings. The first-order chi connectivity index (χ1) is 8.58. The molecule has 0 aromatic carbocycles. The van der Waals surface area contributed by atoms with Gasteiger partial charge < -0.3 is 20.2 Å². The van der Waals surface area contributed by atoms with Crippen LogP contribution in [0.5, 0.6) is 5.75 Å². The van der Waals surface area contributed by atoms with E-state index in [1.807, 2.05) is 0 Å². The Morgan fingerprint density at radius 3 is 2.94 bits per heavy atom. The second-order valence-electron chi connectivity index (χ2n) is 3.43. The predicted molar refractivity (Wildman–Crippen MR) is 62.7 cm³/mol. The third-order valence-corrected chi connectivity index (χ3v) is 2.33. The van der Waals surface area contributed by atoms with Gasteiger partial charge in [0.05, 0.1) is 19.9 Å². The zero-order chi connectivity index (χ0) is 13.3. The Bertz CT molecular complexity index is 658. The van der Waals surface area contributed by atoms with Crippen molar-refractivity contribution in [3.05, 3.63) is 22.1 Å². The van der Waals surface area contributed by atoms with Gasteiger partial charge in [-0.15, -0.1) is 5.10 Å². The van der Waals surface area contributed by atoms with Crippen LogP contribution in [0.4, 0.5) is 5.82 Å². The normalized spacial score (nSPS) is 10.6. The molecule has 2 heterocycles. The minimum Gasteiger partial charge on any atom is -0.490 e. The summed E-state index contributed by atoms with van der Waals surface area (Å²) >= 11 is 0. The van der Waals surface area contributed by atoms with Crippen LogP contribution in [0, 0.1) is 0 Å². The Kier molecular flexibility index (Phi) is 2.92. The zero-order valence-corrected chi connectivity index (χ0v) is 9.89. The molecule has 3 N–H and O–H groups in total. The molecule has 0 radical (unpaired) electrons. The Morgan fingerprint density at radius 1 is 1.61 bits per heavy atom. The number of hydrogen-bond acceptors (Lipinski definition) is 6. The van der Waals surface area contributed by atoms with Crippen LogP contribution < -0.4 is 16.0 Å². The average Bonchev–Trinajstić information content (AvgIpc) is 2.63. The molecule has 8 heteroatoms. The number of hydrogen-bond donors (Lipinski definition) is 2. The van der Waals surface area contributed by atoms with Gasteiger partial charge in [0.2, 0.25) is 5.75 Å². The first kappa shape index (κ1) is 12.0. The summed E-state index contributed by atoms with van der Waals surface area (Å²) in [4.78, 5) is 25.8. The number of nitrogens with zero attached hydrogens (tertiary/aromatic N) is 2. The van der Waals surface area contributed by atoms with Crippen molar-refractivity contribution in [2.24, 2.45) is 0 Å². The van der Waals surface area contributed by atoms with Gasteiger partial charge in [0, 0.05) is 0 Å². The molecule has 2 rings (SSSR count). The van der Waals surface area contributed by atoms with Gasteiger partial charge in [-0.1, -0.05) is 0 Å². The van der Waals surface area contributed by atoms with E-state index in [0.717, 1.165) is 0 Å². The van der Waals surface area contributed by atoms with E-state index >= 15 is 0 Å². The molecule has 2 aromatic rings. The van der Waals surface area contributed by atoms with Gasteiger partial charge in [0.1, 0.15) is 5.56 Å². The highest BCUT2D eigenvalue weighted by Crippen LogP contribution is 2.17. The van der Waals surface area contributed by atoms with Crippen molar-refractivity contribution in [2.75, 3.05) is 19.5 Å². The van der Waals surface area contributed by atoms with Crippen LogP contribution in [-0.4, -0.2) is 34.3 Å². The van der Waals surface area contributed by atoms with Gasteiger partial charge in [-0.25, -0.2) is 9.31 Å². The number of esters is 1. The lowest BCUT2D eigenvalue weighted by molar-refractivity contribution is 0.0529. The highest BCUT2D eigenvalue weighted by Gasteiger charge is 2.20. The molecule has 0 atom stereocenters. The van der Waals surface area contributed by atoms with Gasteiger partial charge in [-0.05, 0) is 6.92 Å². The third kappa shape index (κ3) is 1.77. The molecule has 0 unspecified atom stereocenters. The van der Waals surface area contributed by atoms with E-state index in [2.05, 4.69) is 10.1 Å². The van der Waals surface area contributed by atoms with Crippen LogP contribution in [0.25, 0.3) is 5.65 Å². The summed E-state index contributed by atoms with van der Waals surface area (Å²) < 4.78 is 11.0. The summed E-state index contributed by atoms with van der Waals surface area (Å²) in [5, 5.41) is 3.91. The second-order valence-corrected chi connectivity index (χ2v) is 3.43. The zero-order valence-electron chi connectivity index (χ0n) is 9.89. The molecule has 0 spiro atoms. The number of methoxy groups -OCH3 is 1. The first-order valence-electron chi connectivity index (χ1n) is 5.20. The number of carbonyl (C=O) groups is 1. The molecule has 96 valence electrons. The summed E-state index contributed by atoms with van der Waals surface area (Å²) in [7, 11) is 1.36. The van der Waals surface area contributed by atoms with E-state index < -0.39 is 11.5 Å². The van der Waals surface area contributed by atoms with Crippen LogP contribution in [0.2, 0.25) is 0 Å². The van der Waals surface area contributed by atoms with Crippen molar-refractivity contribution >= 4 is 17.4 Å². The maximum atomic E-state index is 11.7. The quantitative estimate of drug-likeness (QED) is 0.731. The van der Waals surface area contributed by atoms with E-state index in [-0.39, 0.29) is 29.4 Å². The topological polar surface area (TPSA) is 112 Å². The Hall–Kier alpha value is -2.51. The maximum Gasteiger partial charge on any atom is 0.345 e. The van der Waals surface area contributed by atoms with Gasteiger partial charge in [0.15, 0.2) is 11.5 Å². The third-order valence-electron chi connectivity index (χ3n) is 2.33. The number of nitrogen functional groups attached to an aromatic ring is 1. The number of rotatable bonds is 3. The molecule has 2 aromatic heterocycles. The monoisotopic (exact) mass is 252 g/mol. The molecule has 0 saturated heterocycles. The maximum absolute atomic E-state index is 11.7. The van der Waals surface area contributed by atoms with Crippen molar-refractivity contribution in [3.63, 3.8) is 0 Å². The Labute approximate surface area is 101 Å². The number of carbonyl (C=O) groups excluding carboxylic acids is 1. The summed E-state index contributed by atoms with van der Waals surface area (Å²) in [6, 6.07) is 0. The molecule has 18 heavy (non-hydrogen) atoms. The summed E-state index contributed by atoms with van der Waals surface area (Å²) in [6.45, 7) is 1.88. The number of fused-ring (bicyclic) bond motifs is 1. The van der Waals surface area contributed by atoms with Crippen LogP contribution in [-0.2, 0) is 4.74 Å². The molecule has 0 bridgehead atoms. The molecular weight excluding hydrogens is 240 g/mol. The molecule has 0 aliphatic carbocycles. The second kappa shape index (κ2) is 4.40. The number of ether oxygens (including phenoxy) is 2. The summed E-state index contributed by atoms with van der Waals surface area (Å²) in [5.41, 5.74) is 5.37. The molecule has 0 aliphatic heterocycles. The number of H-pyrrole nitrogens is 1. The van der Waals surface area contributed by atoms with E-state index in [4.69, 9.17) is 15.2 Å². The largest absolute Gasteiger partial charge is 0.490 e. The lowest BCUT2D eigenvalue weighted by Gasteiger charge is -2.01. The fourth-order valence-corrected chi connectivity index (χ4v) is 1.55. The SMILES string of the molecule is CCOC(=O)c1c(N)nn2cc(OC)c(=O)[nH]c12. The van der Waals surface area contributed by atoms with Crippen molar-refractivity contribution in [2.45, 2.75) is 6.92 Å². The minimum absolute atomic E-state index is 0.0163. The number of aromatic amines is 1. The number of aromatic nitrogens is 3. The smallest absolute Gasteiger partial charge is 0.345 e. The molecule has 0 aliphatic rings. The van der Waals surface area contributed by atoms with Gasteiger partial charge in [-0.3, -0.25) is 4.79 Å². The number of nitrogens with two attached hydrogens (primary N) is 1. The van der Waals surface area contributed by atoms with E-state index in [9.17, 15) is 9.59 Å². The van der Waals surface area contributed by atoms with Crippen molar-refractivity contribution in [3.8, 4) is 5.75 Å². The lowest BCUT2D eigenvalue weighted by Crippen LogP contribution is -2.13. The van der Waals surface area contributed by atoms with E-state index in [1.165, 1.54) is 17.8 Å². The Balaban J connectivity index is 2.68. The van der Waals surface area contributed by atoms with Gasteiger partial charge in [-0.2, -0.15) is 0 Å². The first-order valence-corrected chi connectivity index (χ1v) is 5.20. The van der Waals surface area contributed by atoms with Crippen LogP contribution >= 0.6 is 0 Å². The fraction of sp³-hybridized carbons (Fsp3) is 0.300. The van der Waals surface area contributed by atoms with E-state index in [0.29, 0.717) is 0 Å². The van der Waals surface area contributed by atoms with Crippen LogP contribution in [0.3, 0.4) is 0 Å².